The molecule has 1 amide bonds. The van der Waals surface area contributed by atoms with E-state index < -0.39 is 0 Å². The number of thiazole rings is 1. The number of rotatable bonds is 6. The predicted molar refractivity (Wildman–Crippen MR) is 125 cm³/mol. The van der Waals surface area contributed by atoms with Crippen LogP contribution in [0.2, 0.25) is 0 Å². The zero-order chi connectivity index (χ0) is 22.1. The molecule has 3 aromatic rings. The lowest BCUT2D eigenvalue weighted by Crippen LogP contribution is -2.43. The normalized spacial score (nSPS) is 15.2. The summed E-state index contributed by atoms with van der Waals surface area (Å²) >= 11 is 1.58. The first-order valence-electron chi connectivity index (χ1n) is 10.9. The largest absolute Gasteiger partial charge is 0.379 e. The van der Waals surface area contributed by atoms with Crippen molar-refractivity contribution in [3.05, 3.63) is 40.7 Å². The van der Waals surface area contributed by atoms with Crippen molar-refractivity contribution < 1.29 is 9.53 Å². The average Bonchev–Trinajstić information content (AvgIpc) is 3.32. The van der Waals surface area contributed by atoms with Crippen LogP contribution in [0.25, 0.3) is 10.2 Å². The first-order chi connectivity index (χ1) is 14.8. The number of nitrogens with zero attached hydrogens (tertiary/aromatic N) is 5. The van der Waals surface area contributed by atoms with Crippen LogP contribution in [0.3, 0.4) is 0 Å². The summed E-state index contributed by atoms with van der Waals surface area (Å²) < 4.78 is 8.48. The number of hydrogen-bond donors (Lipinski definition) is 0. The molecule has 0 N–H and O–H groups in total. The fourth-order valence-electron chi connectivity index (χ4n) is 4.08. The standard InChI is InChI=1S/C23H31N5O2S/c1-15(2)28-18(5)14-19(25-28)22(29)27(7-6-26-8-10-30-11-9-26)23-24-21-17(4)12-16(3)13-20(21)31-23/h12-15H,6-11H2,1-5H3. The molecule has 0 spiro atoms. The number of amides is 1. The topological polar surface area (TPSA) is 63.5 Å². The highest BCUT2D eigenvalue weighted by Gasteiger charge is 2.26. The SMILES string of the molecule is Cc1cc(C)c2nc(N(CCN3CCOCC3)C(=O)c3cc(C)n(C(C)C)n3)sc2c1. The smallest absolute Gasteiger partial charge is 0.280 e. The number of aryl methyl sites for hydroxylation is 3. The first-order valence-corrected chi connectivity index (χ1v) is 11.7. The molecule has 0 saturated carbocycles. The van der Waals surface area contributed by atoms with E-state index in [1.165, 1.54) is 5.56 Å². The van der Waals surface area contributed by atoms with E-state index in [1.807, 2.05) is 17.7 Å². The number of morpholine rings is 1. The van der Waals surface area contributed by atoms with Gasteiger partial charge < -0.3 is 4.74 Å². The van der Waals surface area contributed by atoms with Crippen molar-refractivity contribution in [1.82, 2.24) is 19.7 Å². The summed E-state index contributed by atoms with van der Waals surface area (Å²) in [6.45, 7) is 14.9. The molecule has 1 aliphatic rings. The van der Waals surface area contributed by atoms with Crippen LogP contribution in [-0.4, -0.2) is 65.0 Å². The van der Waals surface area contributed by atoms with Gasteiger partial charge in [-0.15, -0.1) is 0 Å². The summed E-state index contributed by atoms with van der Waals surface area (Å²) in [4.78, 5) is 22.6. The van der Waals surface area contributed by atoms with Gasteiger partial charge in [0.05, 0.1) is 23.4 Å². The van der Waals surface area contributed by atoms with Crippen molar-refractivity contribution in [2.24, 2.45) is 0 Å². The number of benzene rings is 1. The quantitative estimate of drug-likeness (QED) is 0.579. The second kappa shape index (κ2) is 9.06. The lowest BCUT2D eigenvalue weighted by Gasteiger charge is -2.29. The van der Waals surface area contributed by atoms with Crippen LogP contribution in [0.4, 0.5) is 5.13 Å². The number of aromatic nitrogens is 3. The van der Waals surface area contributed by atoms with Crippen LogP contribution in [0, 0.1) is 20.8 Å². The second-order valence-corrected chi connectivity index (χ2v) is 9.55. The third-order valence-corrected chi connectivity index (χ3v) is 6.69. The highest BCUT2D eigenvalue weighted by Crippen LogP contribution is 2.32. The van der Waals surface area contributed by atoms with Crippen molar-refractivity contribution in [2.45, 2.75) is 40.7 Å². The summed E-state index contributed by atoms with van der Waals surface area (Å²) in [6, 6.07) is 6.37. The number of carbonyl (C=O) groups is 1. The van der Waals surface area contributed by atoms with E-state index in [4.69, 9.17) is 9.72 Å². The molecule has 7 nitrogen and oxygen atoms in total. The maximum atomic E-state index is 13.6. The molecule has 0 unspecified atom stereocenters. The number of ether oxygens (including phenoxy) is 1. The maximum absolute atomic E-state index is 13.6. The predicted octanol–water partition coefficient (Wildman–Crippen LogP) is 3.98. The molecule has 8 heteroatoms. The Morgan fingerprint density at radius 2 is 1.94 bits per heavy atom. The highest BCUT2D eigenvalue weighted by molar-refractivity contribution is 7.22. The Morgan fingerprint density at radius 1 is 1.19 bits per heavy atom. The zero-order valence-corrected chi connectivity index (χ0v) is 19.8. The summed E-state index contributed by atoms with van der Waals surface area (Å²) in [5, 5.41) is 5.34. The molecule has 1 fully saturated rings. The summed E-state index contributed by atoms with van der Waals surface area (Å²) in [5.74, 6) is -0.0933. The van der Waals surface area contributed by atoms with E-state index in [9.17, 15) is 4.79 Å². The van der Waals surface area contributed by atoms with Crippen molar-refractivity contribution in [3.63, 3.8) is 0 Å². The van der Waals surface area contributed by atoms with E-state index in [1.54, 1.807) is 16.2 Å². The number of fused-ring (bicyclic) bond motifs is 1. The van der Waals surface area contributed by atoms with E-state index in [-0.39, 0.29) is 11.9 Å². The minimum Gasteiger partial charge on any atom is -0.379 e. The van der Waals surface area contributed by atoms with Gasteiger partial charge in [0, 0.05) is 37.9 Å². The van der Waals surface area contributed by atoms with Gasteiger partial charge in [-0.3, -0.25) is 19.3 Å². The van der Waals surface area contributed by atoms with Crippen molar-refractivity contribution in [1.29, 1.82) is 0 Å². The molecular formula is C23H31N5O2S. The fraction of sp³-hybridized carbons (Fsp3) is 0.522. The van der Waals surface area contributed by atoms with Gasteiger partial charge in [-0.2, -0.15) is 5.10 Å². The van der Waals surface area contributed by atoms with Gasteiger partial charge in [0.25, 0.3) is 5.91 Å². The molecule has 3 heterocycles. The molecule has 1 saturated heterocycles. The molecule has 0 atom stereocenters. The second-order valence-electron chi connectivity index (χ2n) is 8.55. The van der Waals surface area contributed by atoms with Gasteiger partial charge in [0.15, 0.2) is 10.8 Å². The fourth-order valence-corrected chi connectivity index (χ4v) is 5.24. The van der Waals surface area contributed by atoms with Crippen LogP contribution < -0.4 is 4.90 Å². The lowest BCUT2D eigenvalue weighted by atomic mass is 10.1. The van der Waals surface area contributed by atoms with Gasteiger partial charge >= 0.3 is 0 Å². The van der Waals surface area contributed by atoms with Gasteiger partial charge in [0.1, 0.15) is 0 Å². The molecule has 0 radical (unpaired) electrons. The van der Waals surface area contributed by atoms with E-state index >= 15 is 0 Å². The summed E-state index contributed by atoms with van der Waals surface area (Å²) in [6.07, 6.45) is 0. The molecule has 1 aromatic carbocycles. The van der Waals surface area contributed by atoms with E-state index in [0.29, 0.717) is 12.2 Å². The molecule has 0 aliphatic carbocycles. The number of anilines is 1. The molecule has 0 bridgehead atoms. The first kappa shape index (κ1) is 21.9. The molecule has 4 rings (SSSR count). The van der Waals surface area contributed by atoms with Gasteiger partial charge in [0.2, 0.25) is 0 Å². The molecule has 1 aliphatic heterocycles. The average molecular weight is 442 g/mol. The van der Waals surface area contributed by atoms with Crippen LogP contribution in [0.5, 0.6) is 0 Å². The van der Waals surface area contributed by atoms with Gasteiger partial charge in [-0.1, -0.05) is 17.4 Å². The third-order valence-electron chi connectivity index (χ3n) is 5.67. The Kier molecular flexibility index (Phi) is 6.41. The Hall–Kier alpha value is -2.29. The van der Waals surface area contributed by atoms with E-state index in [2.05, 4.69) is 49.8 Å². The Morgan fingerprint density at radius 3 is 2.61 bits per heavy atom. The molecule has 2 aromatic heterocycles. The minimum absolute atomic E-state index is 0.0933. The minimum atomic E-state index is -0.0933. The lowest BCUT2D eigenvalue weighted by molar-refractivity contribution is 0.0391. The van der Waals surface area contributed by atoms with Crippen molar-refractivity contribution >= 4 is 32.6 Å². The molecule has 166 valence electrons. The Labute approximate surface area is 187 Å². The Balaban J connectivity index is 1.67. The van der Waals surface area contributed by atoms with Gasteiger partial charge in [-0.25, -0.2) is 4.98 Å². The van der Waals surface area contributed by atoms with E-state index in [0.717, 1.165) is 59.5 Å². The number of hydrogen-bond acceptors (Lipinski definition) is 6. The molecule has 31 heavy (non-hydrogen) atoms. The summed E-state index contributed by atoms with van der Waals surface area (Å²) in [5.41, 5.74) is 4.77. The summed E-state index contributed by atoms with van der Waals surface area (Å²) in [7, 11) is 0. The maximum Gasteiger partial charge on any atom is 0.280 e. The van der Waals surface area contributed by atoms with Crippen LogP contribution in [0.1, 0.15) is 47.2 Å². The van der Waals surface area contributed by atoms with Gasteiger partial charge in [-0.05, 0) is 57.9 Å². The van der Waals surface area contributed by atoms with Crippen LogP contribution >= 0.6 is 11.3 Å². The van der Waals surface area contributed by atoms with Crippen molar-refractivity contribution in [2.75, 3.05) is 44.3 Å². The zero-order valence-electron chi connectivity index (χ0n) is 19.0. The van der Waals surface area contributed by atoms with Crippen LogP contribution in [0.15, 0.2) is 18.2 Å². The molecular weight excluding hydrogens is 410 g/mol. The monoisotopic (exact) mass is 441 g/mol. The van der Waals surface area contributed by atoms with Crippen LogP contribution in [-0.2, 0) is 4.74 Å². The third kappa shape index (κ3) is 4.66. The van der Waals surface area contributed by atoms with Crippen molar-refractivity contribution in [3.8, 4) is 0 Å². The highest BCUT2D eigenvalue weighted by atomic mass is 32.1. The number of carbonyl (C=O) groups excluding carboxylic acids is 1. The Bertz CT molecular complexity index is 1080.